The quantitative estimate of drug-likeness (QED) is 0.422. The minimum Gasteiger partial charge on any atom is -0.465 e. The first-order valence-corrected chi connectivity index (χ1v) is 8.00. The van der Waals surface area contributed by atoms with E-state index in [1.165, 1.54) is 12.1 Å². The third kappa shape index (κ3) is 4.14. The van der Waals surface area contributed by atoms with Crippen molar-refractivity contribution in [3.8, 4) is 5.75 Å². The maximum Gasteiger partial charge on any atom is 0.311 e. The molecule has 5 atom stereocenters. The third-order valence-electron chi connectivity index (χ3n) is 4.87. The maximum absolute atomic E-state index is 11.2. The van der Waals surface area contributed by atoms with Crippen LogP contribution in [0.5, 0.6) is 5.75 Å². The van der Waals surface area contributed by atoms with Crippen molar-refractivity contribution in [2.45, 2.75) is 33.2 Å². The van der Waals surface area contributed by atoms with Gasteiger partial charge in [-0.25, -0.2) is 0 Å². The van der Waals surface area contributed by atoms with E-state index >= 15 is 0 Å². The number of benzene rings is 1. The number of ether oxygens (including phenoxy) is 3. The second-order valence-electron chi connectivity index (χ2n) is 6.27. The van der Waals surface area contributed by atoms with Gasteiger partial charge in [0.2, 0.25) is 6.29 Å². The molecule has 1 heterocycles. The first kappa shape index (κ1) is 18.9. The van der Waals surface area contributed by atoms with Crippen LogP contribution < -0.4 is 4.74 Å². The third-order valence-corrected chi connectivity index (χ3v) is 4.87. The van der Waals surface area contributed by atoms with Gasteiger partial charge in [0.15, 0.2) is 5.75 Å². The highest BCUT2D eigenvalue weighted by Crippen LogP contribution is 2.38. The molecular formula is C17H21NO7. The van der Waals surface area contributed by atoms with Crippen molar-refractivity contribution in [2.75, 3.05) is 6.61 Å². The number of rotatable bonds is 7. The highest BCUT2D eigenvalue weighted by atomic mass is 16.7. The van der Waals surface area contributed by atoms with Crippen LogP contribution in [-0.2, 0) is 14.3 Å². The molecule has 0 amide bonds. The maximum atomic E-state index is 11.2. The molecule has 1 fully saturated rings. The van der Waals surface area contributed by atoms with E-state index in [0.717, 1.165) is 6.07 Å². The van der Waals surface area contributed by atoms with Crippen molar-refractivity contribution in [1.82, 2.24) is 0 Å². The van der Waals surface area contributed by atoms with Crippen LogP contribution in [0.25, 0.3) is 0 Å². The van der Waals surface area contributed by atoms with Gasteiger partial charge in [-0.3, -0.25) is 19.7 Å². The zero-order valence-corrected chi connectivity index (χ0v) is 14.3. The average Bonchev–Trinajstić information content (AvgIpc) is 2.61. The molecule has 8 nitrogen and oxygen atoms in total. The fraction of sp³-hybridized carbons (Fsp3) is 0.529. The molecule has 0 N–H and O–H groups in total. The smallest absolute Gasteiger partial charge is 0.311 e. The second-order valence-corrected chi connectivity index (χ2v) is 6.27. The number of nitro groups is 1. The molecule has 8 heteroatoms. The summed E-state index contributed by atoms with van der Waals surface area (Å²) in [7, 11) is 0. The lowest BCUT2D eigenvalue weighted by atomic mass is 9.79. The summed E-state index contributed by atoms with van der Waals surface area (Å²) in [6.45, 7) is 6.42. The van der Waals surface area contributed by atoms with Gasteiger partial charge in [-0.2, -0.15) is 0 Å². The van der Waals surface area contributed by atoms with Gasteiger partial charge in [-0.1, -0.05) is 20.8 Å². The summed E-state index contributed by atoms with van der Waals surface area (Å²) in [5.74, 6) is 0.312. The number of aldehydes is 1. The summed E-state index contributed by atoms with van der Waals surface area (Å²) in [6, 6.07) is 3.99. The predicted molar refractivity (Wildman–Crippen MR) is 87.3 cm³/mol. The van der Waals surface area contributed by atoms with Crippen LogP contribution in [0.3, 0.4) is 0 Å². The monoisotopic (exact) mass is 351 g/mol. The molecule has 1 saturated heterocycles. The molecule has 0 aromatic heterocycles. The van der Waals surface area contributed by atoms with Gasteiger partial charge in [-0.05, 0) is 24.0 Å². The van der Waals surface area contributed by atoms with Crippen LogP contribution >= 0.6 is 0 Å². The number of hydrogen-bond donors (Lipinski definition) is 0. The molecule has 2 unspecified atom stereocenters. The summed E-state index contributed by atoms with van der Waals surface area (Å²) in [5, 5.41) is 11.2. The minimum atomic E-state index is -0.729. The number of carbonyl (C=O) groups is 2. The lowest BCUT2D eigenvalue weighted by molar-refractivity contribution is -0.386. The zero-order valence-electron chi connectivity index (χ0n) is 14.3. The minimum absolute atomic E-state index is 0.0317. The molecule has 1 aliphatic heterocycles. The molecule has 25 heavy (non-hydrogen) atoms. The fourth-order valence-corrected chi connectivity index (χ4v) is 2.92. The molecule has 0 bridgehead atoms. The van der Waals surface area contributed by atoms with Gasteiger partial charge in [-0.15, -0.1) is 0 Å². The van der Waals surface area contributed by atoms with E-state index in [-0.39, 0.29) is 47.5 Å². The van der Waals surface area contributed by atoms with E-state index in [9.17, 15) is 19.7 Å². The van der Waals surface area contributed by atoms with Crippen LogP contribution in [0, 0.1) is 27.9 Å². The number of carbonyl (C=O) groups excluding carboxylic acids is 2. The normalized spacial score (nSPS) is 28.8. The topological polar surface area (TPSA) is 105 Å². The average molecular weight is 351 g/mol. The van der Waals surface area contributed by atoms with E-state index in [1.807, 2.05) is 20.8 Å². The van der Waals surface area contributed by atoms with Gasteiger partial charge in [0.05, 0.1) is 11.0 Å². The number of nitrogens with zero attached hydrogens (tertiary/aromatic N) is 1. The summed E-state index contributed by atoms with van der Waals surface area (Å²) in [6.07, 6.45) is -0.561. The van der Waals surface area contributed by atoms with Crippen molar-refractivity contribution in [1.29, 1.82) is 0 Å². The molecule has 1 aliphatic rings. The Bertz CT molecular complexity index is 648. The summed E-state index contributed by atoms with van der Waals surface area (Å²) in [4.78, 5) is 31.9. The summed E-state index contributed by atoms with van der Waals surface area (Å²) >= 11 is 0. The fourth-order valence-electron chi connectivity index (χ4n) is 2.92. The SMILES string of the molecule is CC1[C@H](Oc2ccc(C=O)cc2[N+](=O)[O-])OC(COC=O)[C@@H](C)[C@@H]1C. The van der Waals surface area contributed by atoms with Gasteiger partial charge in [0.1, 0.15) is 12.9 Å². The van der Waals surface area contributed by atoms with Crippen molar-refractivity contribution in [2.24, 2.45) is 17.8 Å². The Morgan fingerprint density at radius 1 is 1.20 bits per heavy atom. The van der Waals surface area contributed by atoms with Crippen LogP contribution in [0.4, 0.5) is 5.69 Å². The summed E-state index contributed by atoms with van der Waals surface area (Å²) in [5.41, 5.74) is -0.108. The van der Waals surface area contributed by atoms with E-state index < -0.39 is 11.2 Å². The number of hydrogen-bond acceptors (Lipinski definition) is 7. The Morgan fingerprint density at radius 2 is 1.92 bits per heavy atom. The lowest BCUT2D eigenvalue weighted by Crippen LogP contribution is -2.48. The largest absolute Gasteiger partial charge is 0.465 e. The van der Waals surface area contributed by atoms with Gasteiger partial charge < -0.3 is 14.2 Å². The molecule has 1 aromatic rings. The molecule has 136 valence electrons. The number of nitro benzene ring substituents is 1. The first-order valence-electron chi connectivity index (χ1n) is 8.00. The van der Waals surface area contributed by atoms with Crippen LogP contribution in [-0.4, -0.2) is 36.7 Å². The summed E-state index contributed by atoms with van der Waals surface area (Å²) < 4.78 is 16.5. The van der Waals surface area contributed by atoms with Gasteiger partial charge >= 0.3 is 5.69 Å². The second kappa shape index (κ2) is 8.06. The van der Waals surface area contributed by atoms with Crippen LogP contribution in [0.2, 0.25) is 0 Å². The van der Waals surface area contributed by atoms with E-state index in [2.05, 4.69) is 0 Å². The lowest BCUT2D eigenvalue weighted by Gasteiger charge is -2.42. The molecule has 1 aromatic carbocycles. The molecule has 2 rings (SSSR count). The predicted octanol–water partition coefficient (Wildman–Crippen LogP) is 2.59. The molecule has 0 radical (unpaired) electrons. The molecule has 0 saturated carbocycles. The van der Waals surface area contributed by atoms with E-state index in [1.54, 1.807) is 0 Å². The Morgan fingerprint density at radius 3 is 2.52 bits per heavy atom. The van der Waals surface area contributed by atoms with Crippen LogP contribution in [0.15, 0.2) is 18.2 Å². The Hall–Kier alpha value is -2.48. The first-order chi connectivity index (χ1) is 11.9. The Kier molecular flexibility index (Phi) is 6.08. The van der Waals surface area contributed by atoms with E-state index in [4.69, 9.17) is 14.2 Å². The van der Waals surface area contributed by atoms with Crippen molar-refractivity contribution >= 4 is 18.4 Å². The molecular weight excluding hydrogens is 330 g/mol. The Labute approximate surface area is 145 Å². The van der Waals surface area contributed by atoms with Crippen LogP contribution in [0.1, 0.15) is 31.1 Å². The van der Waals surface area contributed by atoms with Crippen molar-refractivity contribution < 1.29 is 28.7 Å². The highest BCUT2D eigenvalue weighted by molar-refractivity contribution is 5.77. The standard InChI is InChI=1S/C17H21NO7/c1-10-11(2)16(8-23-9-20)25-17(12(10)3)24-15-5-4-13(7-19)6-14(15)18(21)22/h4-7,9-12,16-17H,8H2,1-3H3/t10-,11-,12?,16?,17+/m0/s1. The highest BCUT2D eigenvalue weighted by Gasteiger charge is 2.41. The van der Waals surface area contributed by atoms with Crippen molar-refractivity contribution in [3.05, 3.63) is 33.9 Å². The Balaban J connectivity index is 2.24. The molecule has 0 spiro atoms. The van der Waals surface area contributed by atoms with Gasteiger partial charge in [0, 0.05) is 17.5 Å². The van der Waals surface area contributed by atoms with E-state index in [0.29, 0.717) is 12.8 Å². The molecule has 0 aliphatic carbocycles. The van der Waals surface area contributed by atoms with Gasteiger partial charge in [0.25, 0.3) is 6.47 Å². The zero-order chi connectivity index (χ0) is 18.6. The van der Waals surface area contributed by atoms with Crippen molar-refractivity contribution in [3.63, 3.8) is 0 Å².